The molecule has 0 N–H and O–H groups in total. The van der Waals surface area contributed by atoms with Gasteiger partial charge in [0.2, 0.25) is 0 Å². The molecule has 0 aromatic heterocycles. The fraction of sp³-hybridized carbons (Fsp3) is 0.250. The molecule has 0 spiro atoms. The summed E-state index contributed by atoms with van der Waals surface area (Å²) in [5.41, 5.74) is 11.3. The van der Waals surface area contributed by atoms with Crippen LogP contribution in [0.4, 0.5) is 5.69 Å². The lowest BCUT2D eigenvalue weighted by atomic mass is 9.90. The van der Waals surface area contributed by atoms with Crippen molar-refractivity contribution >= 4 is 55.9 Å². The van der Waals surface area contributed by atoms with Gasteiger partial charge in [-0.2, -0.15) is 0 Å². The van der Waals surface area contributed by atoms with Crippen LogP contribution in [0.15, 0.2) is 102 Å². The van der Waals surface area contributed by atoms with Gasteiger partial charge < -0.3 is 23.7 Å². The summed E-state index contributed by atoms with van der Waals surface area (Å²) in [6.45, 7) is 0.0902. The Labute approximate surface area is 317 Å². The second kappa shape index (κ2) is 17.6. The zero-order valence-electron chi connectivity index (χ0n) is 30.0. The summed E-state index contributed by atoms with van der Waals surface area (Å²) >= 11 is 0. The third kappa shape index (κ3) is 9.21. The molecule has 11 nitrogen and oxygen atoms in total. The van der Waals surface area contributed by atoms with Crippen LogP contribution in [0.25, 0.3) is 42.8 Å². The Kier molecular flexibility index (Phi) is 11.8. The fourth-order valence-corrected chi connectivity index (χ4v) is 6.71. The molecule has 55 heavy (non-hydrogen) atoms. The molecule has 276 valence electrons. The smallest absolute Gasteiger partial charge is 0.349 e. The molecule has 0 amide bonds. The molecule has 0 saturated carbocycles. The highest BCUT2D eigenvalue weighted by Gasteiger charge is 2.16. The summed E-state index contributed by atoms with van der Waals surface area (Å²) in [6, 6.07) is 30.0. The van der Waals surface area contributed by atoms with E-state index in [0.717, 1.165) is 25.7 Å². The predicted octanol–water partition coefficient (Wildman–Crippen LogP) is 9.25. The van der Waals surface area contributed by atoms with E-state index in [1.54, 1.807) is 18.2 Å². The zero-order chi connectivity index (χ0) is 38.0. The Morgan fingerprint density at radius 2 is 1.64 bits per heavy atom. The number of nitrogens with zero attached hydrogens (tertiary/aromatic N) is 3. The summed E-state index contributed by atoms with van der Waals surface area (Å²) in [5, 5.41) is 10.8. The average Bonchev–Trinajstić information content (AvgIpc) is 3.21. The monoisotopic (exact) mass is 735 g/mol. The molecule has 7 rings (SSSR count). The van der Waals surface area contributed by atoms with Crippen LogP contribution >= 0.6 is 0 Å². The Morgan fingerprint density at radius 3 is 2.42 bits per heavy atom. The van der Waals surface area contributed by atoms with Gasteiger partial charge in [0.05, 0.1) is 11.1 Å². The van der Waals surface area contributed by atoms with Crippen molar-refractivity contribution in [3.05, 3.63) is 130 Å². The molecule has 1 heterocycles. The Morgan fingerprint density at radius 1 is 0.855 bits per heavy atom. The number of aryl methyl sites for hydroxylation is 1. The summed E-state index contributed by atoms with van der Waals surface area (Å²) < 4.78 is 27.6. The third-order valence-electron chi connectivity index (χ3n) is 9.40. The minimum atomic E-state index is -0.821. The number of hydrogen-bond donors (Lipinski definition) is 0. The van der Waals surface area contributed by atoms with E-state index >= 15 is 0 Å². The van der Waals surface area contributed by atoms with Crippen LogP contribution in [0.3, 0.4) is 0 Å². The first-order chi connectivity index (χ1) is 26.9. The van der Waals surface area contributed by atoms with Gasteiger partial charge in [-0.15, -0.1) is 0 Å². The van der Waals surface area contributed by atoms with Crippen LogP contribution in [-0.4, -0.2) is 44.0 Å². The van der Waals surface area contributed by atoms with Crippen molar-refractivity contribution in [1.29, 1.82) is 0 Å². The quantitative estimate of drug-likeness (QED) is 0.0217. The van der Waals surface area contributed by atoms with Crippen molar-refractivity contribution in [3.8, 4) is 17.6 Å². The van der Waals surface area contributed by atoms with E-state index in [4.69, 9.17) is 29.2 Å². The highest BCUT2D eigenvalue weighted by molar-refractivity contribution is 6.23. The second-order valence-corrected chi connectivity index (χ2v) is 13.1. The number of carbonyl (C=O) groups is 3. The van der Waals surface area contributed by atoms with Gasteiger partial charge in [0.15, 0.2) is 12.9 Å². The molecule has 11 heteroatoms. The minimum Gasteiger partial charge on any atom is -0.461 e. The Bertz CT molecular complexity index is 2440. The van der Waals surface area contributed by atoms with Gasteiger partial charge in [0, 0.05) is 23.6 Å². The van der Waals surface area contributed by atoms with Crippen LogP contribution in [0.5, 0.6) is 5.75 Å². The van der Waals surface area contributed by atoms with Crippen molar-refractivity contribution in [1.82, 2.24) is 0 Å². The Hall–Kier alpha value is -6.44. The number of azide groups is 1. The van der Waals surface area contributed by atoms with Crippen molar-refractivity contribution in [2.24, 2.45) is 5.11 Å². The van der Waals surface area contributed by atoms with E-state index in [0.29, 0.717) is 29.8 Å². The van der Waals surface area contributed by atoms with Crippen LogP contribution in [-0.2, 0) is 41.6 Å². The molecule has 6 aromatic rings. The summed E-state index contributed by atoms with van der Waals surface area (Å²) in [6.07, 6.45) is 4.11. The van der Waals surface area contributed by atoms with Crippen LogP contribution in [0.1, 0.15) is 59.2 Å². The van der Waals surface area contributed by atoms with Crippen molar-refractivity contribution in [3.63, 3.8) is 0 Å². The molecule has 1 unspecified atom stereocenters. The van der Waals surface area contributed by atoms with E-state index in [9.17, 15) is 14.4 Å². The number of benzene rings is 6. The first-order valence-electron chi connectivity index (χ1n) is 18.1. The molecular weight excluding hydrogens is 698 g/mol. The van der Waals surface area contributed by atoms with Gasteiger partial charge in [-0.1, -0.05) is 89.8 Å². The maximum Gasteiger partial charge on any atom is 0.349 e. The molecule has 1 aliphatic heterocycles. The fourth-order valence-electron chi connectivity index (χ4n) is 6.71. The number of esters is 3. The van der Waals surface area contributed by atoms with Gasteiger partial charge in [-0.3, -0.25) is 4.79 Å². The predicted molar refractivity (Wildman–Crippen MR) is 207 cm³/mol. The van der Waals surface area contributed by atoms with Crippen LogP contribution in [0, 0.1) is 11.8 Å². The van der Waals surface area contributed by atoms with E-state index < -0.39 is 18.5 Å². The third-order valence-corrected chi connectivity index (χ3v) is 9.40. The molecule has 1 aliphatic rings. The highest BCUT2D eigenvalue weighted by Crippen LogP contribution is 2.36. The summed E-state index contributed by atoms with van der Waals surface area (Å²) in [4.78, 5) is 40.7. The van der Waals surface area contributed by atoms with E-state index in [2.05, 4.69) is 76.5 Å². The Balaban J connectivity index is 0.960. The molecule has 0 aliphatic carbocycles. The zero-order valence-corrected chi connectivity index (χ0v) is 30.0. The lowest BCUT2D eigenvalue weighted by molar-refractivity contribution is -0.154. The maximum atomic E-state index is 12.9. The molecule has 0 radical (unpaired) electrons. The van der Waals surface area contributed by atoms with E-state index in [1.807, 2.05) is 0 Å². The average molecular weight is 736 g/mol. The van der Waals surface area contributed by atoms with Gasteiger partial charge in [0.1, 0.15) is 19.0 Å². The molecule has 1 saturated heterocycles. The van der Waals surface area contributed by atoms with Gasteiger partial charge in [-0.05, 0) is 105 Å². The minimum absolute atomic E-state index is 0.00294. The molecule has 1 atom stereocenters. The van der Waals surface area contributed by atoms with Crippen LogP contribution < -0.4 is 4.74 Å². The number of rotatable bonds is 13. The van der Waals surface area contributed by atoms with Crippen molar-refractivity contribution < 1.29 is 38.1 Å². The SMILES string of the molecule is [N-]=[N+]=Nc1ccc(C(=O)OCC(=O)Oc2ccc(COC(=O)CCCc3ccc4ccc5cccc6ccc3c4c56)cc2C#CCOC2CCCCO2)cc1. The standard InChI is InChI=1S/C44H37N3O8/c45-47-46-36-20-17-34(18-21-36)44(50)54-28-40(49)55-38-23-12-29(26-35(38)9-5-25-52-41-11-1-2-24-51-41)27-53-39(48)10-4-6-30-13-14-33-16-15-31-7-3-8-32-19-22-37(30)43(33)42(31)32/h3,7-8,12-23,26,41H,1-2,4,6,10-11,24-25,27-28H2. The second-order valence-electron chi connectivity index (χ2n) is 13.1. The summed E-state index contributed by atoms with van der Waals surface area (Å²) in [5.74, 6) is 4.18. The molecular formula is C44H37N3O8. The van der Waals surface area contributed by atoms with E-state index in [1.165, 1.54) is 62.1 Å². The summed E-state index contributed by atoms with van der Waals surface area (Å²) in [7, 11) is 0. The maximum absolute atomic E-state index is 12.9. The lowest BCUT2D eigenvalue weighted by Crippen LogP contribution is -2.22. The topological polar surface area (TPSA) is 146 Å². The van der Waals surface area contributed by atoms with Crippen molar-refractivity contribution in [2.75, 3.05) is 19.8 Å². The van der Waals surface area contributed by atoms with E-state index in [-0.39, 0.29) is 43.2 Å². The number of carbonyl (C=O) groups excluding carboxylic acids is 3. The number of ether oxygens (including phenoxy) is 5. The first-order valence-corrected chi connectivity index (χ1v) is 18.1. The van der Waals surface area contributed by atoms with Crippen molar-refractivity contribution in [2.45, 2.75) is 51.4 Å². The first kappa shape index (κ1) is 36.9. The van der Waals surface area contributed by atoms with Gasteiger partial charge in [-0.25, -0.2) is 9.59 Å². The highest BCUT2D eigenvalue weighted by atomic mass is 16.7. The molecule has 1 fully saturated rings. The largest absolute Gasteiger partial charge is 0.461 e. The molecule has 0 bridgehead atoms. The van der Waals surface area contributed by atoms with Gasteiger partial charge >= 0.3 is 17.9 Å². The van der Waals surface area contributed by atoms with Gasteiger partial charge in [0.25, 0.3) is 0 Å². The number of hydrogen-bond acceptors (Lipinski definition) is 9. The molecule has 6 aromatic carbocycles. The normalized spacial score (nSPS) is 13.9. The van der Waals surface area contributed by atoms with Crippen LogP contribution in [0.2, 0.25) is 0 Å². The lowest BCUT2D eigenvalue weighted by Gasteiger charge is -2.21.